The van der Waals surface area contributed by atoms with Gasteiger partial charge in [-0.1, -0.05) is 20.8 Å². The number of thiazole rings is 1. The molecule has 1 aromatic rings. The smallest absolute Gasteiger partial charge is 0.142 e. The molecule has 0 amide bonds. The molecule has 2 saturated heterocycles. The van der Waals surface area contributed by atoms with Crippen molar-refractivity contribution in [1.82, 2.24) is 9.88 Å². The van der Waals surface area contributed by atoms with E-state index in [0.29, 0.717) is 24.3 Å². The summed E-state index contributed by atoms with van der Waals surface area (Å²) in [6, 6.07) is 1.28. The van der Waals surface area contributed by atoms with Crippen LogP contribution in [0, 0.1) is 5.92 Å². The number of hydrogen-bond acceptors (Lipinski definition) is 4. The Morgan fingerprint density at radius 1 is 1.33 bits per heavy atom. The fourth-order valence-electron chi connectivity index (χ4n) is 3.70. The van der Waals surface area contributed by atoms with Gasteiger partial charge in [0.15, 0.2) is 0 Å². The van der Waals surface area contributed by atoms with E-state index in [-0.39, 0.29) is 11.3 Å². The molecule has 2 fully saturated rings. The van der Waals surface area contributed by atoms with Crippen LogP contribution in [-0.4, -0.2) is 34.8 Å². The monoisotopic (exact) mass is 306 g/mol. The molecule has 1 aromatic heterocycles. The Labute approximate surface area is 131 Å². The van der Waals surface area contributed by atoms with Crippen molar-refractivity contribution in [1.29, 1.82) is 0 Å². The Bertz CT molecular complexity index is 517. The van der Waals surface area contributed by atoms with Gasteiger partial charge in [-0.05, 0) is 32.7 Å². The Morgan fingerprint density at radius 2 is 1.95 bits per heavy atom. The lowest BCUT2D eigenvalue weighted by Crippen LogP contribution is -2.42. The Kier molecular flexibility index (Phi) is 3.95. The van der Waals surface area contributed by atoms with Gasteiger partial charge in [0, 0.05) is 28.8 Å². The first-order valence-corrected chi connectivity index (χ1v) is 8.92. The predicted octanol–water partition coefficient (Wildman–Crippen LogP) is 3.43. The molecule has 0 aliphatic carbocycles. The summed E-state index contributed by atoms with van der Waals surface area (Å²) < 4.78 is 0. The van der Waals surface area contributed by atoms with Crippen molar-refractivity contribution in [2.45, 2.75) is 70.4 Å². The van der Waals surface area contributed by atoms with E-state index in [0.717, 1.165) is 23.5 Å². The quantitative estimate of drug-likeness (QED) is 0.858. The van der Waals surface area contributed by atoms with E-state index < -0.39 is 0 Å². The van der Waals surface area contributed by atoms with Crippen LogP contribution >= 0.6 is 11.3 Å². The first-order chi connectivity index (χ1) is 9.84. The number of rotatable bonds is 3. The minimum absolute atomic E-state index is 0.0739. The summed E-state index contributed by atoms with van der Waals surface area (Å²) in [7, 11) is 2.22. The molecule has 0 radical (unpaired) electrons. The molecule has 2 aliphatic rings. The Hall–Kier alpha value is -0.740. The maximum absolute atomic E-state index is 12.6. The van der Waals surface area contributed by atoms with E-state index in [1.807, 2.05) is 0 Å². The number of carbonyl (C=O) groups excluding carboxylic acids is 1. The average Bonchev–Trinajstić information content (AvgIpc) is 2.91. The van der Waals surface area contributed by atoms with Crippen LogP contribution in [0.5, 0.6) is 0 Å². The van der Waals surface area contributed by atoms with Gasteiger partial charge >= 0.3 is 0 Å². The van der Waals surface area contributed by atoms with Crippen molar-refractivity contribution in [2.24, 2.45) is 5.92 Å². The molecular weight excluding hydrogens is 280 g/mol. The third-order valence-corrected chi connectivity index (χ3v) is 6.05. The molecule has 2 unspecified atom stereocenters. The van der Waals surface area contributed by atoms with Crippen LogP contribution < -0.4 is 0 Å². The normalized spacial score (nSPS) is 29.8. The maximum Gasteiger partial charge on any atom is 0.142 e. The minimum Gasteiger partial charge on any atom is -0.300 e. The molecule has 0 N–H and O–H groups in total. The summed E-state index contributed by atoms with van der Waals surface area (Å²) in [5.74, 6) is 0.676. The SMILES string of the molecule is CN1C2CCC1CC(C(=O)Cc1nc(C(C)(C)C)cs1)C2. The van der Waals surface area contributed by atoms with Crippen molar-refractivity contribution < 1.29 is 4.79 Å². The summed E-state index contributed by atoms with van der Waals surface area (Å²) in [4.78, 5) is 19.8. The number of nitrogens with zero attached hydrogens (tertiary/aromatic N) is 2. The van der Waals surface area contributed by atoms with E-state index in [1.165, 1.54) is 12.8 Å². The van der Waals surface area contributed by atoms with Gasteiger partial charge in [-0.15, -0.1) is 11.3 Å². The molecule has 3 rings (SSSR count). The zero-order chi connectivity index (χ0) is 15.2. The van der Waals surface area contributed by atoms with Crippen molar-refractivity contribution in [3.8, 4) is 0 Å². The van der Waals surface area contributed by atoms with Crippen LogP contribution in [0.1, 0.15) is 57.2 Å². The lowest BCUT2D eigenvalue weighted by Gasteiger charge is -2.35. The zero-order valence-electron chi connectivity index (χ0n) is 13.6. The van der Waals surface area contributed by atoms with Gasteiger partial charge in [0.05, 0.1) is 12.1 Å². The van der Waals surface area contributed by atoms with Gasteiger partial charge in [0.2, 0.25) is 0 Å². The van der Waals surface area contributed by atoms with Gasteiger partial charge in [-0.2, -0.15) is 0 Å². The van der Waals surface area contributed by atoms with Crippen molar-refractivity contribution >= 4 is 17.1 Å². The van der Waals surface area contributed by atoms with Crippen LogP contribution in [0.15, 0.2) is 5.38 Å². The molecule has 0 aromatic carbocycles. The van der Waals surface area contributed by atoms with Gasteiger partial charge in [-0.25, -0.2) is 4.98 Å². The summed E-state index contributed by atoms with van der Waals surface area (Å²) in [6.07, 6.45) is 5.20. The van der Waals surface area contributed by atoms with Gasteiger partial charge in [0.25, 0.3) is 0 Å². The zero-order valence-corrected chi connectivity index (χ0v) is 14.4. The van der Waals surface area contributed by atoms with E-state index in [9.17, 15) is 4.79 Å². The van der Waals surface area contributed by atoms with Gasteiger partial charge < -0.3 is 4.90 Å². The molecule has 116 valence electrons. The standard InChI is InChI=1S/C17H26N2OS/c1-17(2,3)15-10-21-16(18-15)9-14(20)11-7-12-5-6-13(8-11)19(12)4/h10-13H,5-9H2,1-4H3. The third-order valence-electron chi connectivity index (χ3n) is 5.20. The van der Waals surface area contributed by atoms with E-state index in [2.05, 4.69) is 43.1 Å². The van der Waals surface area contributed by atoms with Crippen LogP contribution in [0.4, 0.5) is 0 Å². The molecule has 2 atom stereocenters. The number of aromatic nitrogens is 1. The average molecular weight is 306 g/mol. The van der Waals surface area contributed by atoms with E-state index in [4.69, 9.17) is 0 Å². The first kappa shape index (κ1) is 15.2. The van der Waals surface area contributed by atoms with Gasteiger partial charge in [-0.3, -0.25) is 4.79 Å². The van der Waals surface area contributed by atoms with Crippen LogP contribution in [-0.2, 0) is 16.6 Å². The highest BCUT2D eigenvalue weighted by Gasteiger charge is 2.40. The number of carbonyl (C=O) groups is 1. The summed E-state index contributed by atoms with van der Waals surface area (Å²) in [5.41, 5.74) is 1.18. The number of ketones is 1. The van der Waals surface area contributed by atoms with Crippen LogP contribution in [0.3, 0.4) is 0 Å². The molecule has 0 spiro atoms. The molecule has 3 heterocycles. The molecule has 21 heavy (non-hydrogen) atoms. The number of piperidine rings is 1. The number of hydrogen-bond donors (Lipinski definition) is 0. The molecule has 2 aliphatic heterocycles. The maximum atomic E-state index is 12.6. The largest absolute Gasteiger partial charge is 0.300 e. The van der Waals surface area contributed by atoms with Crippen molar-refractivity contribution in [3.63, 3.8) is 0 Å². The lowest BCUT2D eigenvalue weighted by atomic mass is 9.86. The number of fused-ring (bicyclic) bond motifs is 2. The fraction of sp³-hybridized carbons (Fsp3) is 0.765. The van der Waals surface area contributed by atoms with Crippen LogP contribution in [0.25, 0.3) is 0 Å². The van der Waals surface area contributed by atoms with Gasteiger partial charge in [0.1, 0.15) is 10.8 Å². The third kappa shape index (κ3) is 3.07. The molecule has 4 heteroatoms. The summed E-state index contributed by atoms with van der Waals surface area (Å²) >= 11 is 1.64. The first-order valence-electron chi connectivity index (χ1n) is 8.04. The second kappa shape index (κ2) is 5.47. The topological polar surface area (TPSA) is 33.2 Å². The Morgan fingerprint density at radius 3 is 2.48 bits per heavy atom. The van der Waals surface area contributed by atoms with E-state index >= 15 is 0 Å². The lowest BCUT2D eigenvalue weighted by molar-refractivity contribution is -0.124. The second-order valence-corrected chi connectivity index (χ2v) is 8.68. The van der Waals surface area contributed by atoms with Crippen molar-refractivity contribution in [2.75, 3.05) is 7.05 Å². The molecule has 0 saturated carbocycles. The second-order valence-electron chi connectivity index (χ2n) is 7.74. The minimum atomic E-state index is 0.0739. The van der Waals surface area contributed by atoms with Crippen LogP contribution in [0.2, 0.25) is 0 Å². The molecular formula is C17H26N2OS. The fourth-order valence-corrected chi connectivity index (χ4v) is 4.73. The molecule has 2 bridgehead atoms. The predicted molar refractivity (Wildman–Crippen MR) is 86.8 cm³/mol. The highest BCUT2D eigenvalue weighted by atomic mass is 32.1. The highest BCUT2D eigenvalue weighted by molar-refractivity contribution is 7.09. The summed E-state index contributed by atoms with van der Waals surface area (Å²) in [6.45, 7) is 6.51. The summed E-state index contributed by atoms with van der Waals surface area (Å²) in [5, 5.41) is 3.11. The van der Waals surface area contributed by atoms with E-state index in [1.54, 1.807) is 11.3 Å². The van der Waals surface area contributed by atoms with Crippen molar-refractivity contribution in [3.05, 3.63) is 16.1 Å². The number of Topliss-reactive ketones (excluding diaryl/α,β-unsaturated/α-hetero) is 1. The Balaban J connectivity index is 1.63. The molecule has 3 nitrogen and oxygen atoms in total. The highest BCUT2D eigenvalue weighted by Crippen LogP contribution is 2.38.